The minimum Gasteiger partial charge on any atom is -0.496 e. The second-order valence-electron chi connectivity index (χ2n) is 4.51. The molecule has 0 bridgehead atoms. The molecule has 1 atom stereocenters. The first-order valence-electron chi connectivity index (χ1n) is 6.74. The molecular formula is C14H20N4O2S. The largest absolute Gasteiger partial charge is 0.496 e. The Bertz CT molecular complexity index is 566. The number of hydrogen-bond donors (Lipinski definition) is 2. The molecule has 1 aromatic carbocycles. The van der Waals surface area contributed by atoms with Gasteiger partial charge < -0.3 is 9.47 Å². The molecule has 2 aromatic rings. The number of rotatable bonds is 7. The quantitative estimate of drug-likeness (QED) is 0.602. The van der Waals surface area contributed by atoms with Crippen molar-refractivity contribution < 1.29 is 9.47 Å². The number of nitrogens with zero attached hydrogens (tertiary/aromatic N) is 2. The summed E-state index contributed by atoms with van der Waals surface area (Å²) in [7, 11) is 3.26. The van der Waals surface area contributed by atoms with E-state index in [-0.39, 0.29) is 6.04 Å². The summed E-state index contributed by atoms with van der Waals surface area (Å²) in [6.45, 7) is 2.11. The highest BCUT2D eigenvalue weighted by Gasteiger charge is 2.26. The Morgan fingerprint density at radius 2 is 1.95 bits per heavy atom. The third-order valence-electron chi connectivity index (χ3n) is 3.26. The molecule has 7 heteroatoms. The van der Waals surface area contributed by atoms with E-state index in [1.54, 1.807) is 14.2 Å². The first-order valence-corrected chi connectivity index (χ1v) is 7.52. The van der Waals surface area contributed by atoms with Crippen molar-refractivity contribution in [1.82, 2.24) is 15.0 Å². The molecule has 0 saturated heterocycles. The van der Waals surface area contributed by atoms with Crippen LogP contribution in [-0.2, 0) is 6.42 Å². The molecule has 0 aliphatic heterocycles. The van der Waals surface area contributed by atoms with E-state index in [0.717, 1.165) is 29.0 Å². The van der Waals surface area contributed by atoms with Crippen molar-refractivity contribution in [3.63, 3.8) is 0 Å². The van der Waals surface area contributed by atoms with Crippen LogP contribution in [0.25, 0.3) is 0 Å². The Balaban J connectivity index is 2.53. The van der Waals surface area contributed by atoms with Gasteiger partial charge in [-0.2, -0.15) is 0 Å². The zero-order valence-electron chi connectivity index (χ0n) is 12.4. The van der Waals surface area contributed by atoms with E-state index in [1.807, 2.05) is 18.2 Å². The maximum absolute atomic E-state index is 5.80. The van der Waals surface area contributed by atoms with Gasteiger partial charge in [-0.05, 0) is 30.1 Å². The Kier molecular flexibility index (Phi) is 5.49. The number of nitrogens with two attached hydrogens (primary N) is 1. The van der Waals surface area contributed by atoms with Gasteiger partial charge in [-0.3, -0.25) is 5.84 Å². The fraction of sp³-hybridized carbons (Fsp3) is 0.429. The van der Waals surface area contributed by atoms with Crippen molar-refractivity contribution in [2.75, 3.05) is 14.2 Å². The van der Waals surface area contributed by atoms with Crippen LogP contribution in [0, 0.1) is 0 Å². The van der Waals surface area contributed by atoms with Gasteiger partial charge in [0.05, 0.1) is 36.4 Å². The van der Waals surface area contributed by atoms with E-state index in [0.29, 0.717) is 11.5 Å². The van der Waals surface area contributed by atoms with Crippen molar-refractivity contribution in [1.29, 1.82) is 0 Å². The summed E-state index contributed by atoms with van der Waals surface area (Å²) in [5.41, 5.74) is 4.65. The summed E-state index contributed by atoms with van der Waals surface area (Å²) in [4.78, 5) is 0.988. The van der Waals surface area contributed by atoms with Crippen molar-refractivity contribution in [2.45, 2.75) is 25.8 Å². The van der Waals surface area contributed by atoms with Crippen molar-refractivity contribution in [3.05, 3.63) is 34.3 Å². The molecule has 114 valence electrons. The minimum atomic E-state index is -0.266. The highest BCUT2D eigenvalue weighted by Crippen LogP contribution is 2.38. The smallest absolute Gasteiger partial charge is 0.127 e. The van der Waals surface area contributed by atoms with Crippen molar-refractivity contribution >= 4 is 11.5 Å². The van der Waals surface area contributed by atoms with Crippen LogP contribution in [0.1, 0.15) is 35.5 Å². The van der Waals surface area contributed by atoms with E-state index in [4.69, 9.17) is 15.3 Å². The van der Waals surface area contributed by atoms with Crippen molar-refractivity contribution in [3.8, 4) is 11.5 Å². The molecule has 0 amide bonds. The zero-order chi connectivity index (χ0) is 15.2. The summed E-state index contributed by atoms with van der Waals surface area (Å²) in [5.74, 6) is 7.23. The third-order valence-corrected chi connectivity index (χ3v) is 4.09. The van der Waals surface area contributed by atoms with Crippen LogP contribution >= 0.6 is 11.5 Å². The van der Waals surface area contributed by atoms with Crippen LogP contribution in [0.4, 0.5) is 0 Å². The van der Waals surface area contributed by atoms with Crippen LogP contribution in [-0.4, -0.2) is 23.8 Å². The number of methoxy groups -OCH3 is 2. The number of benzene rings is 1. The Labute approximate surface area is 128 Å². The number of aryl methyl sites for hydroxylation is 1. The SMILES string of the molecule is CCCc1nnsc1C(NN)c1c(OC)cccc1OC. The summed E-state index contributed by atoms with van der Waals surface area (Å²) in [6.07, 6.45) is 1.86. The number of ether oxygens (including phenoxy) is 2. The first-order chi connectivity index (χ1) is 10.3. The topological polar surface area (TPSA) is 82.3 Å². The van der Waals surface area contributed by atoms with E-state index < -0.39 is 0 Å². The van der Waals surface area contributed by atoms with Gasteiger partial charge in [0.1, 0.15) is 11.5 Å². The normalized spacial score (nSPS) is 12.2. The summed E-state index contributed by atoms with van der Waals surface area (Å²) >= 11 is 1.34. The van der Waals surface area contributed by atoms with Gasteiger partial charge >= 0.3 is 0 Å². The van der Waals surface area contributed by atoms with Crippen LogP contribution < -0.4 is 20.7 Å². The molecule has 0 aliphatic carbocycles. The van der Waals surface area contributed by atoms with E-state index in [9.17, 15) is 0 Å². The molecule has 3 N–H and O–H groups in total. The van der Waals surface area contributed by atoms with Gasteiger partial charge in [0.25, 0.3) is 0 Å². The predicted octanol–water partition coefficient (Wildman–Crippen LogP) is 2.06. The van der Waals surface area contributed by atoms with E-state index in [1.165, 1.54) is 11.5 Å². The molecule has 21 heavy (non-hydrogen) atoms. The average Bonchev–Trinajstić information content (AvgIpc) is 2.97. The lowest BCUT2D eigenvalue weighted by Gasteiger charge is -2.21. The predicted molar refractivity (Wildman–Crippen MR) is 82.6 cm³/mol. The van der Waals surface area contributed by atoms with E-state index in [2.05, 4.69) is 21.9 Å². The Morgan fingerprint density at radius 3 is 2.48 bits per heavy atom. The van der Waals surface area contributed by atoms with Gasteiger partial charge in [0, 0.05) is 0 Å². The molecule has 1 heterocycles. The maximum Gasteiger partial charge on any atom is 0.127 e. The number of hydrazine groups is 1. The molecule has 0 fully saturated rings. The van der Waals surface area contributed by atoms with Gasteiger partial charge in [-0.15, -0.1) is 5.10 Å². The standard InChI is InChI=1S/C14H20N4O2S/c1-4-6-9-14(21-18-17-9)13(16-15)12-10(19-2)7-5-8-11(12)20-3/h5,7-8,13,16H,4,6,15H2,1-3H3. The number of aromatic nitrogens is 2. The second kappa shape index (κ2) is 7.35. The average molecular weight is 308 g/mol. The molecule has 0 aliphatic rings. The van der Waals surface area contributed by atoms with Crippen LogP contribution in [0.5, 0.6) is 11.5 Å². The zero-order valence-corrected chi connectivity index (χ0v) is 13.2. The fourth-order valence-corrected chi connectivity index (χ4v) is 3.07. The third kappa shape index (κ3) is 3.15. The van der Waals surface area contributed by atoms with Gasteiger partial charge in [-0.1, -0.05) is 23.9 Å². The molecule has 2 rings (SSSR count). The van der Waals surface area contributed by atoms with Gasteiger partial charge in [0.2, 0.25) is 0 Å². The van der Waals surface area contributed by atoms with Gasteiger partial charge in [0.15, 0.2) is 0 Å². The first kappa shape index (κ1) is 15.7. The number of hydrogen-bond acceptors (Lipinski definition) is 7. The molecule has 0 spiro atoms. The monoisotopic (exact) mass is 308 g/mol. The lowest BCUT2D eigenvalue weighted by Crippen LogP contribution is -2.29. The fourth-order valence-electron chi connectivity index (χ4n) is 2.30. The summed E-state index contributed by atoms with van der Waals surface area (Å²) in [6, 6.07) is 5.39. The molecule has 1 unspecified atom stereocenters. The number of nitrogens with one attached hydrogen (secondary N) is 1. The van der Waals surface area contributed by atoms with E-state index >= 15 is 0 Å². The lowest BCUT2D eigenvalue weighted by molar-refractivity contribution is 0.377. The highest BCUT2D eigenvalue weighted by atomic mass is 32.1. The summed E-state index contributed by atoms with van der Waals surface area (Å²) in [5, 5.41) is 4.20. The maximum atomic E-state index is 5.80. The van der Waals surface area contributed by atoms with Crippen molar-refractivity contribution in [2.24, 2.45) is 5.84 Å². The molecule has 0 saturated carbocycles. The minimum absolute atomic E-state index is 0.266. The molecule has 0 radical (unpaired) electrons. The van der Waals surface area contributed by atoms with Crippen LogP contribution in [0.15, 0.2) is 18.2 Å². The van der Waals surface area contributed by atoms with Gasteiger partial charge in [-0.25, -0.2) is 5.43 Å². The summed E-state index contributed by atoms with van der Waals surface area (Å²) < 4.78 is 15.0. The molecule has 6 nitrogen and oxygen atoms in total. The lowest BCUT2D eigenvalue weighted by atomic mass is 10.0. The highest BCUT2D eigenvalue weighted by molar-refractivity contribution is 7.05. The molecular weight excluding hydrogens is 288 g/mol. The van der Waals surface area contributed by atoms with Crippen LogP contribution in [0.3, 0.4) is 0 Å². The Morgan fingerprint density at radius 1 is 1.29 bits per heavy atom. The second-order valence-corrected chi connectivity index (χ2v) is 5.30. The Hall–Kier alpha value is -1.70. The van der Waals surface area contributed by atoms with Crippen LogP contribution in [0.2, 0.25) is 0 Å². The molecule has 1 aromatic heterocycles.